The second kappa shape index (κ2) is 8.13. The van der Waals surface area contributed by atoms with Crippen LogP contribution in [0.15, 0.2) is 30.3 Å². The van der Waals surface area contributed by atoms with E-state index in [-0.39, 0.29) is 12.6 Å². The van der Waals surface area contributed by atoms with E-state index >= 15 is 0 Å². The maximum absolute atomic E-state index is 12.0. The largest absolute Gasteiger partial charge is 0.378 e. The van der Waals surface area contributed by atoms with Gasteiger partial charge in [0, 0.05) is 24.8 Å². The van der Waals surface area contributed by atoms with Gasteiger partial charge in [0.15, 0.2) is 0 Å². The number of hydrogen-bond acceptors (Lipinski definition) is 5. The van der Waals surface area contributed by atoms with Crippen molar-refractivity contribution in [1.29, 1.82) is 0 Å². The molecule has 0 saturated carbocycles. The van der Waals surface area contributed by atoms with Gasteiger partial charge in [0.1, 0.15) is 11.6 Å². The molecule has 1 aromatic heterocycles. The molecule has 132 valence electrons. The van der Waals surface area contributed by atoms with E-state index in [1.807, 2.05) is 13.0 Å². The van der Waals surface area contributed by atoms with Crippen LogP contribution in [0, 0.1) is 6.92 Å². The normalized spacial score (nSPS) is 14.2. The number of hydrogen-bond donors (Lipinski definition) is 2. The average molecular weight is 362 g/mol. The second-order valence-electron chi connectivity index (χ2n) is 5.67. The lowest BCUT2D eigenvalue weighted by molar-refractivity contribution is 0.122. The Bertz CT molecular complexity index is 750. The Morgan fingerprint density at radius 3 is 2.80 bits per heavy atom. The van der Waals surface area contributed by atoms with Crippen LogP contribution < -0.4 is 15.5 Å². The molecular formula is C17H20ClN5O2. The van der Waals surface area contributed by atoms with Crippen molar-refractivity contribution in [1.82, 2.24) is 15.3 Å². The number of rotatable bonds is 4. The Kier molecular flexibility index (Phi) is 5.67. The van der Waals surface area contributed by atoms with Crippen molar-refractivity contribution in [2.45, 2.75) is 13.5 Å². The summed E-state index contributed by atoms with van der Waals surface area (Å²) >= 11 is 6.03. The lowest BCUT2D eigenvalue weighted by Gasteiger charge is -2.28. The van der Waals surface area contributed by atoms with Gasteiger partial charge in [0.05, 0.1) is 30.5 Å². The maximum atomic E-state index is 12.0. The van der Waals surface area contributed by atoms with E-state index in [9.17, 15) is 4.79 Å². The van der Waals surface area contributed by atoms with Crippen molar-refractivity contribution in [3.8, 4) is 0 Å². The number of benzene rings is 1. The molecule has 1 aromatic carbocycles. The average Bonchev–Trinajstić information content (AvgIpc) is 2.62. The summed E-state index contributed by atoms with van der Waals surface area (Å²) < 4.78 is 5.37. The molecule has 0 unspecified atom stereocenters. The van der Waals surface area contributed by atoms with Gasteiger partial charge < -0.3 is 20.3 Å². The summed E-state index contributed by atoms with van der Waals surface area (Å²) in [5.41, 5.74) is 1.42. The smallest absolute Gasteiger partial charge is 0.319 e. The number of amides is 2. The van der Waals surface area contributed by atoms with E-state index in [0.29, 0.717) is 29.7 Å². The molecular weight excluding hydrogens is 342 g/mol. The fourth-order valence-electron chi connectivity index (χ4n) is 2.53. The molecule has 0 aliphatic carbocycles. The van der Waals surface area contributed by atoms with Crippen molar-refractivity contribution < 1.29 is 9.53 Å². The number of para-hydroxylation sites is 1. The lowest BCUT2D eigenvalue weighted by atomic mass is 10.3. The van der Waals surface area contributed by atoms with Crippen molar-refractivity contribution in [3.63, 3.8) is 0 Å². The topological polar surface area (TPSA) is 79.4 Å². The van der Waals surface area contributed by atoms with Gasteiger partial charge in [0.2, 0.25) is 0 Å². The van der Waals surface area contributed by atoms with Crippen LogP contribution in [0.5, 0.6) is 0 Å². The number of ether oxygens (including phenoxy) is 1. The fourth-order valence-corrected chi connectivity index (χ4v) is 2.72. The van der Waals surface area contributed by atoms with Crippen LogP contribution in [0.4, 0.5) is 16.3 Å². The van der Waals surface area contributed by atoms with Gasteiger partial charge in [-0.15, -0.1) is 0 Å². The Labute approximate surface area is 151 Å². The third-order valence-corrected chi connectivity index (χ3v) is 4.08. The minimum atomic E-state index is -0.355. The SMILES string of the molecule is Cc1cc(N2CCOCC2)nc(CNC(=O)Nc2ccccc2Cl)n1. The van der Waals surface area contributed by atoms with E-state index in [1.165, 1.54) is 0 Å². The molecule has 25 heavy (non-hydrogen) atoms. The standard InChI is InChI=1S/C17H20ClN5O2/c1-12-10-16(23-6-8-25-9-7-23)22-15(20-12)11-19-17(24)21-14-5-3-2-4-13(14)18/h2-5,10H,6-9,11H2,1H3,(H2,19,21,24). The zero-order valence-electron chi connectivity index (χ0n) is 14.0. The van der Waals surface area contributed by atoms with Crippen molar-refractivity contribution in [2.75, 3.05) is 36.5 Å². The quantitative estimate of drug-likeness (QED) is 0.875. The summed E-state index contributed by atoms with van der Waals surface area (Å²) in [5, 5.41) is 5.95. The van der Waals surface area contributed by atoms with E-state index in [1.54, 1.807) is 24.3 Å². The second-order valence-corrected chi connectivity index (χ2v) is 6.08. The Balaban J connectivity index is 1.61. The van der Waals surface area contributed by atoms with Gasteiger partial charge in [0.25, 0.3) is 0 Å². The van der Waals surface area contributed by atoms with Crippen LogP contribution in [0.3, 0.4) is 0 Å². The summed E-state index contributed by atoms with van der Waals surface area (Å²) in [4.78, 5) is 23.1. The predicted octanol–water partition coefficient (Wildman–Crippen LogP) is 2.60. The molecule has 1 aliphatic heterocycles. The zero-order valence-corrected chi connectivity index (χ0v) is 14.7. The highest BCUT2D eigenvalue weighted by Crippen LogP contribution is 2.20. The molecule has 3 rings (SSSR count). The van der Waals surface area contributed by atoms with Crippen LogP contribution >= 0.6 is 11.6 Å². The number of carbonyl (C=O) groups is 1. The highest BCUT2D eigenvalue weighted by molar-refractivity contribution is 6.33. The molecule has 1 aliphatic rings. The van der Waals surface area contributed by atoms with Crippen LogP contribution in [-0.2, 0) is 11.3 Å². The van der Waals surface area contributed by atoms with Gasteiger partial charge in [-0.2, -0.15) is 0 Å². The summed E-state index contributed by atoms with van der Waals surface area (Å²) in [6, 6.07) is 8.65. The molecule has 7 nitrogen and oxygen atoms in total. The number of halogens is 1. The maximum Gasteiger partial charge on any atom is 0.319 e. The van der Waals surface area contributed by atoms with Crippen LogP contribution in [0.2, 0.25) is 5.02 Å². The van der Waals surface area contributed by atoms with Gasteiger partial charge in [-0.05, 0) is 19.1 Å². The zero-order chi connectivity index (χ0) is 17.6. The number of aryl methyl sites for hydroxylation is 1. The van der Waals surface area contributed by atoms with E-state index in [4.69, 9.17) is 16.3 Å². The van der Waals surface area contributed by atoms with Crippen LogP contribution in [0.1, 0.15) is 11.5 Å². The van der Waals surface area contributed by atoms with Crippen molar-refractivity contribution in [2.24, 2.45) is 0 Å². The summed E-state index contributed by atoms with van der Waals surface area (Å²) in [6.45, 7) is 5.13. The molecule has 2 aromatic rings. The number of urea groups is 1. The molecule has 2 N–H and O–H groups in total. The van der Waals surface area contributed by atoms with Gasteiger partial charge in [-0.25, -0.2) is 14.8 Å². The van der Waals surface area contributed by atoms with Gasteiger partial charge in [-0.3, -0.25) is 0 Å². The van der Waals surface area contributed by atoms with Crippen LogP contribution in [-0.4, -0.2) is 42.3 Å². The van der Waals surface area contributed by atoms with Gasteiger partial charge >= 0.3 is 6.03 Å². The Morgan fingerprint density at radius 2 is 2.04 bits per heavy atom. The number of morpholine rings is 1. The summed E-state index contributed by atoms with van der Waals surface area (Å²) in [6.07, 6.45) is 0. The highest BCUT2D eigenvalue weighted by atomic mass is 35.5. The molecule has 0 spiro atoms. The van der Waals surface area contributed by atoms with E-state index in [2.05, 4.69) is 25.5 Å². The number of anilines is 2. The summed E-state index contributed by atoms with van der Waals surface area (Å²) in [5.74, 6) is 1.43. The monoisotopic (exact) mass is 361 g/mol. The van der Waals surface area contributed by atoms with Crippen LogP contribution in [0.25, 0.3) is 0 Å². The summed E-state index contributed by atoms with van der Waals surface area (Å²) in [7, 11) is 0. The Morgan fingerprint density at radius 1 is 1.28 bits per heavy atom. The predicted molar refractivity (Wildman–Crippen MR) is 97.1 cm³/mol. The van der Waals surface area contributed by atoms with Gasteiger partial charge in [-0.1, -0.05) is 23.7 Å². The molecule has 1 fully saturated rings. The molecule has 0 atom stereocenters. The molecule has 0 bridgehead atoms. The molecule has 2 heterocycles. The minimum Gasteiger partial charge on any atom is -0.378 e. The van der Waals surface area contributed by atoms with E-state index < -0.39 is 0 Å². The molecule has 1 saturated heterocycles. The fraction of sp³-hybridized carbons (Fsp3) is 0.353. The molecule has 8 heteroatoms. The number of nitrogens with zero attached hydrogens (tertiary/aromatic N) is 3. The molecule has 0 radical (unpaired) electrons. The third-order valence-electron chi connectivity index (χ3n) is 3.75. The van der Waals surface area contributed by atoms with Crippen molar-refractivity contribution in [3.05, 3.63) is 46.9 Å². The lowest BCUT2D eigenvalue weighted by Crippen LogP contribution is -2.37. The highest BCUT2D eigenvalue weighted by Gasteiger charge is 2.14. The number of carbonyl (C=O) groups excluding carboxylic acids is 1. The number of nitrogens with one attached hydrogen (secondary N) is 2. The Hall–Kier alpha value is -2.38. The molecule has 2 amide bonds. The first kappa shape index (κ1) is 17.4. The first-order chi connectivity index (χ1) is 12.1. The minimum absolute atomic E-state index is 0.231. The van der Waals surface area contributed by atoms with Crippen molar-refractivity contribution >= 4 is 29.1 Å². The number of aromatic nitrogens is 2. The first-order valence-electron chi connectivity index (χ1n) is 8.08. The first-order valence-corrected chi connectivity index (χ1v) is 8.46. The third kappa shape index (κ3) is 4.80. The van der Waals surface area contributed by atoms with E-state index in [0.717, 1.165) is 24.6 Å².